The summed E-state index contributed by atoms with van der Waals surface area (Å²) in [6.45, 7) is 2.16. The van der Waals surface area contributed by atoms with E-state index in [0.29, 0.717) is 0 Å². The Balaban J connectivity index is 2.41. The second kappa shape index (κ2) is 2.68. The molecule has 0 spiro atoms. The standard InChI is InChI=1S/C9H13N3/c1-3-7-4-5-9-8(6-7)10-11-12(9)2/h4-6,10-11H,3H2,1-2H3. The van der Waals surface area contributed by atoms with Crippen LogP contribution in [0.4, 0.5) is 11.4 Å². The van der Waals surface area contributed by atoms with Gasteiger partial charge in [0.2, 0.25) is 0 Å². The first-order valence-corrected chi connectivity index (χ1v) is 4.19. The van der Waals surface area contributed by atoms with E-state index in [0.717, 1.165) is 12.1 Å². The molecule has 0 radical (unpaired) electrons. The summed E-state index contributed by atoms with van der Waals surface area (Å²) in [6, 6.07) is 6.46. The maximum absolute atomic E-state index is 3.10. The first kappa shape index (κ1) is 7.43. The first-order valence-electron chi connectivity index (χ1n) is 4.19. The second-order valence-corrected chi connectivity index (χ2v) is 3.00. The predicted octanol–water partition coefficient (Wildman–Crippen LogP) is 1.53. The van der Waals surface area contributed by atoms with Gasteiger partial charge in [-0.1, -0.05) is 13.0 Å². The van der Waals surface area contributed by atoms with Crippen LogP contribution >= 0.6 is 0 Å². The lowest BCUT2D eigenvalue weighted by atomic mass is 10.1. The highest BCUT2D eigenvalue weighted by atomic mass is 15.7. The van der Waals surface area contributed by atoms with Crippen LogP contribution in [0, 0.1) is 0 Å². The molecule has 64 valence electrons. The van der Waals surface area contributed by atoms with Crippen molar-refractivity contribution in [1.29, 1.82) is 0 Å². The summed E-state index contributed by atoms with van der Waals surface area (Å²) in [7, 11) is 1.99. The van der Waals surface area contributed by atoms with Gasteiger partial charge in [-0.05, 0) is 24.1 Å². The Labute approximate surface area is 72.3 Å². The smallest absolute Gasteiger partial charge is 0.0779 e. The van der Waals surface area contributed by atoms with Gasteiger partial charge in [0.1, 0.15) is 0 Å². The van der Waals surface area contributed by atoms with Crippen molar-refractivity contribution in [1.82, 2.24) is 5.53 Å². The van der Waals surface area contributed by atoms with Crippen molar-refractivity contribution in [3.05, 3.63) is 23.8 Å². The van der Waals surface area contributed by atoms with Gasteiger partial charge in [-0.3, -0.25) is 5.01 Å². The molecule has 0 saturated carbocycles. The quantitative estimate of drug-likeness (QED) is 0.657. The molecule has 1 aromatic carbocycles. The highest BCUT2D eigenvalue weighted by molar-refractivity contribution is 5.73. The fourth-order valence-electron chi connectivity index (χ4n) is 1.40. The number of rotatable bonds is 1. The van der Waals surface area contributed by atoms with Crippen LogP contribution in [0.25, 0.3) is 0 Å². The summed E-state index contributed by atoms with van der Waals surface area (Å²) in [5, 5.41) is 1.97. The SMILES string of the molecule is CCc1ccc2c(c1)NNN2C. The summed E-state index contributed by atoms with van der Waals surface area (Å²) in [5.74, 6) is 0. The van der Waals surface area contributed by atoms with Crippen LogP contribution in [0.1, 0.15) is 12.5 Å². The van der Waals surface area contributed by atoms with E-state index in [2.05, 4.69) is 36.1 Å². The molecule has 0 saturated heterocycles. The van der Waals surface area contributed by atoms with Crippen molar-refractivity contribution < 1.29 is 0 Å². The minimum absolute atomic E-state index is 1.08. The molecule has 0 atom stereocenters. The van der Waals surface area contributed by atoms with Crippen LogP contribution in [0.2, 0.25) is 0 Å². The number of nitrogens with zero attached hydrogens (tertiary/aromatic N) is 1. The molecule has 1 heterocycles. The number of aryl methyl sites for hydroxylation is 1. The molecular formula is C9H13N3. The van der Waals surface area contributed by atoms with Crippen molar-refractivity contribution in [3.8, 4) is 0 Å². The lowest BCUT2D eigenvalue weighted by Crippen LogP contribution is -2.31. The van der Waals surface area contributed by atoms with Gasteiger partial charge in [0.05, 0.1) is 11.4 Å². The van der Waals surface area contributed by atoms with E-state index >= 15 is 0 Å². The van der Waals surface area contributed by atoms with E-state index in [4.69, 9.17) is 0 Å². The van der Waals surface area contributed by atoms with Gasteiger partial charge in [-0.15, -0.1) is 5.53 Å². The van der Waals surface area contributed by atoms with E-state index < -0.39 is 0 Å². The molecule has 0 bridgehead atoms. The molecule has 0 fully saturated rings. The Kier molecular flexibility index (Phi) is 1.66. The van der Waals surface area contributed by atoms with Crippen molar-refractivity contribution in [2.75, 3.05) is 17.5 Å². The summed E-state index contributed by atoms with van der Waals surface area (Å²) in [6.07, 6.45) is 1.08. The predicted molar refractivity (Wildman–Crippen MR) is 51.0 cm³/mol. The molecule has 0 aromatic heterocycles. The van der Waals surface area contributed by atoms with Crippen molar-refractivity contribution in [2.24, 2.45) is 0 Å². The third kappa shape index (κ3) is 1.02. The van der Waals surface area contributed by atoms with Gasteiger partial charge in [0, 0.05) is 7.05 Å². The van der Waals surface area contributed by atoms with E-state index in [1.54, 1.807) is 0 Å². The zero-order chi connectivity index (χ0) is 8.55. The molecular weight excluding hydrogens is 150 g/mol. The largest absolute Gasteiger partial charge is 0.302 e. The maximum Gasteiger partial charge on any atom is 0.0779 e. The van der Waals surface area contributed by atoms with E-state index in [-0.39, 0.29) is 0 Å². The number of hydrazine groups is 2. The average molecular weight is 163 g/mol. The number of hydrogen-bond acceptors (Lipinski definition) is 3. The van der Waals surface area contributed by atoms with Gasteiger partial charge in [0.15, 0.2) is 0 Å². The number of nitrogens with one attached hydrogen (secondary N) is 2. The molecule has 12 heavy (non-hydrogen) atoms. The average Bonchev–Trinajstić information content (AvgIpc) is 2.47. The zero-order valence-corrected chi connectivity index (χ0v) is 7.39. The molecule has 2 N–H and O–H groups in total. The van der Waals surface area contributed by atoms with Crippen molar-refractivity contribution >= 4 is 11.4 Å². The Bertz CT molecular complexity index is 296. The first-order chi connectivity index (χ1) is 5.81. The highest BCUT2D eigenvalue weighted by Gasteiger charge is 2.13. The van der Waals surface area contributed by atoms with Crippen LogP contribution < -0.4 is 16.0 Å². The third-order valence-electron chi connectivity index (χ3n) is 2.19. The topological polar surface area (TPSA) is 27.3 Å². The molecule has 1 aromatic rings. The molecule has 2 rings (SSSR count). The monoisotopic (exact) mass is 163 g/mol. The summed E-state index contributed by atoms with van der Waals surface area (Å²) < 4.78 is 0. The van der Waals surface area contributed by atoms with Crippen molar-refractivity contribution in [3.63, 3.8) is 0 Å². The van der Waals surface area contributed by atoms with Crippen molar-refractivity contribution in [2.45, 2.75) is 13.3 Å². The van der Waals surface area contributed by atoms with Gasteiger partial charge in [-0.25, -0.2) is 0 Å². The summed E-state index contributed by atoms with van der Waals surface area (Å²) in [4.78, 5) is 0. The Morgan fingerprint density at radius 1 is 1.42 bits per heavy atom. The van der Waals surface area contributed by atoms with E-state index in [1.807, 2.05) is 12.1 Å². The van der Waals surface area contributed by atoms with Crippen LogP contribution in [0.3, 0.4) is 0 Å². The summed E-state index contributed by atoms with van der Waals surface area (Å²) in [5.41, 5.74) is 9.84. The molecule has 0 amide bonds. The van der Waals surface area contributed by atoms with E-state index in [1.165, 1.54) is 11.3 Å². The third-order valence-corrected chi connectivity index (χ3v) is 2.19. The molecule has 3 heteroatoms. The minimum Gasteiger partial charge on any atom is -0.302 e. The second-order valence-electron chi connectivity index (χ2n) is 3.00. The Morgan fingerprint density at radius 2 is 2.25 bits per heavy atom. The van der Waals surface area contributed by atoms with Gasteiger partial charge < -0.3 is 5.43 Å². The fourth-order valence-corrected chi connectivity index (χ4v) is 1.40. The van der Waals surface area contributed by atoms with Crippen LogP contribution in [-0.4, -0.2) is 7.05 Å². The molecule has 1 aliphatic heterocycles. The lowest BCUT2D eigenvalue weighted by Gasteiger charge is -2.09. The van der Waals surface area contributed by atoms with Gasteiger partial charge >= 0.3 is 0 Å². The molecule has 1 aliphatic rings. The minimum atomic E-state index is 1.08. The Hall–Kier alpha value is -1.22. The summed E-state index contributed by atoms with van der Waals surface area (Å²) >= 11 is 0. The van der Waals surface area contributed by atoms with E-state index in [9.17, 15) is 0 Å². The molecule has 0 aliphatic carbocycles. The zero-order valence-electron chi connectivity index (χ0n) is 7.39. The van der Waals surface area contributed by atoms with Crippen LogP contribution in [0.5, 0.6) is 0 Å². The Morgan fingerprint density at radius 3 is 3.00 bits per heavy atom. The maximum atomic E-state index is 3.10. The molecule has 3 nitrogen and oxygen atoms in total. The van der Waals surface area contributed by atoms with Crippen LogP contribution in [-0.2, 0) is 6.42 Å². The number of fused-ring (bicyclic) bond motifs is 1. The lowest BCUT2D eigenvalue weighted by molar-refractivity contribution is 0.820. The van der Waals surface area contributed by atoms with Gasteiger partial charge in [0.25, 0.3) is 0 Å². The number of anilines is 2. The fraction of sp³-hybridized carbons (Fsp3) is 0.333. The van der Waals surface area contributed by atoms with Crippen LogP contribution in [0.15, 0.2) is 18.2 Å². The number of benzene rings is 1. The molecule has 0 unspecified atom stereocenters. The number of hydrogen-bond donors (Lipinski definition) is 2. The van der Waals surface area contributed by atoms with Gasteiger partial charge in [-0.2, -0.15) is 0 Å². The highest BCUT2D eigenvalue weighted by Crippen LogP contribution is 2.28. The normalized spacial score (nSPS) is 14.3.